The van der Waals surface area contributed by atoms with Crippen molar-refractivity contribution in [2.75, 3.05) is 19.0 Å². The minimum absolute atomic E-state index is 0.0482. The molecule has 1 aromatic heterocycles. The Labute approximate surface area is 138 Å². The number of aryl methyl sites for hydroxylation is 1. The summed E-state index contributed by atoms with van der Waals surface area (Å²) >= 11 is 0. The van der Waals surface area contributed by atoms with E-state index in [-0.39, 0.29) is 5.91 Å². The monoisotopic (exact) mass is 320 g/mol. The highest BCUT2D eigenvalue weighted by atomic mass is 16.5. The van der Waals surface area contributed by atoms with Crippen LogP contribution < -0.4 is 10.1 Å². The number of carbonyl (C=O) groups is 1. The molecule has 0 radical (unpaired) electrons. The molecular formula is C18H28N2O3. The van der Waals surface area contributed by atoms with Crippen LogP contribution in [-0.2, 0) is 9.53 Å². The Balaban J connectivity index is 2.14. The summed E-state index contributed by atoms with van der Waals surface area (Å²) in [5.74, 6) is 1.15. The number of hydrogen-bond donors (Lipinski definition) is 1. The molecule has 0 saturated heterocycles. The summed E-state index contributed by atoms with van der Waals surface area (Å²) in [6, 6.07) is 3.59. The fourth-order valence-electron chi connectivity index (χ4n) is 2.98. The second kappa shape index (κ2) is 7.77. The number of aromatic nitrogens is 1. The zero-order valence-corrected chi connectivity index (χ0v) is 14.6. The van der Waals surface area contributed by atoms with Gasteiger partial charge in [0.15, 0.2) is 0 Å². The molecule has 128 valence electrons. The van der Waals surface area contributed by atoms with Gasteiger partial charge in [0, 0.05) is 12.7 Å². The van der Waals surface area contributed by atoms with E-state index in [1.54, 1.807) is 13.2 Å². The van der Waals surface area contributed by atoms with Crippen molar-refractivity contribution in [3.05, 3.63) is 17.8 Å². The molecule has 0 aromatic carbocycles. The normalized spacial score (nSPS) is 24.3. The zero-order chi connectivity index (χ0) is 16.9. The molecule has 23 heavy (non-hydrogen) atoms. The molecule has 2 rings (SSSR count). The van der Waals surface area contributed by atoms with E-state index in [4.69, 9.17) is 9.47 Å². The van der Waals surface area contributed by atoms with Gasteiger partial charge >= 0.3 is 0 Å². The number of rotatable bonds is 6. The van der Waals surface area contributed by atoms with Gasteiger partial charge in [-0.15, -0.1) is 0 Å². The highest BCUT2D eigenvalue weighted by Crippen LogP contribution is 2.36. The molecule has 0 bridgehead atoms. The average molecular weight is 320 g/mol. The average Bonchev–Trinajstić information content (AvgIpc) is 2.56. The molecule has 5 nitrogen and oxygen atoms in total. The van der Waals surface area contributed by atoms with Crippen molar-refractivity contribution in [2.45, 2.75) is 58.5 Å². The van der Waals surface area contributed by atoms with Crippen molar-refractivity contribution in [1.29, 1.82) is 0 Å². The van der Waals surface area contributed by atoms with Gasteiger partial charge in [0.05, 0.1) is 18.5 Å². The van der Waals surface area contributed by atoms with Crippen molar-refractivity contribution in [1.82, 2.24) is 4.98 Å². The lowest BCUT2D eigenvalue weighted by molar-refractivity contribution is -0.147. The highest BCUT2D eigenvalue weighted by molar-refractivity contribution is 5.97. The molecule has 0 aliphatic heterocycles. The maximum atomic E-state index is 12.9. The number of nitrogens with zero attached hydrogens (tertiary/aromatic N) is 1. The van der Waals surface area contributed by atoms with Gasteiger partial charge in [0.25, 0.3) is 5.91 Å². The molecule has 1 fully saturated rings. The SMILES string of the molecule is CCCOC1(C(=O)Nc2ccc(OC)nc2C)CCC(C)CC1. The van der Waals surface area contributed by atoms with Crippen LogP contribution in [0.1, 0.15) is 51.6 Å². The number of nitrogens with one attached hydrogen (secondary N) is 1. The van der Waals surface area contributed by atoms with E-state index in [0.717, 1.165) is 37.8 Å². The predicted octanol–water partition coefficient (Wildman–Crippen LogP) is 3.71. The van der Waals surface area contributed by atoms with E-state index < -0.39 is 5.60 Å². The third-order valence-electron chi connectivity index (χ3n) is 4.60. The first-order valence-corrected chi connectivity index (χ1v) is 8.48. The summed E-state index contributed by atoms with van der Waals surface area (Å²) in [6.07, 6.45) is 4.52. The lowest BCUT2D eigenvalue weighted by Gasteiger charge is -2.38. The molecule has 1 aromatic rings. The van der Waals surface area contributed by atoms with Gasteiger partial charge in [-0.2, -0.15) is 0 Å². The second-order valence-corrected chi connectivity index (χ2v) is 6.47. The third kappa shape index (κ3) is 4.22. The largest absolute Gasteiger partial charge is 0.481 e. The molecule has 1 aliphatic rings. The zero-order valence-electron chi connectivity index (χ0n) is 14.6. The lowest BCUT2D eigenvalue weighted by Crippen LogP contribution is -2.48. The highest BCUT2D eigenvalue weighted by Gasteiger charge is 2.42. The van der Waals surface area contributed by atoms with E-state index in [2.05, 4.69) is 24.1 Å². The number of methoxy groups -OCH3 is 1. The van der Waals surface area contributed by atoms with Crippen molar-refractivity contribution in [3.8, 4) is 5.88 Å². The Kier molecular flexibility index (Phi) is 5.99. The van der Waals surface area contributed by atoms with Crippen molar-refractivity contribution >= 4 is 11.6 Å². The first-order valence-electron chi connectivity index (χ1n) is 8.48. The summed E-state index contributed by atoms with van der Waals surface area (Å²) in [5, 5.41) is 3.01. The van der Waals surface area contributed by atoms with Gasteiger partial charge in [0.1, 0.15) is 5.60 Å². The number of pyridine rings is 1. The lowest BCUT2D eigenvalue weighted by atomic mass is 9.78. The molecule has 1 saturated carbocycles. The van der Waals surface area contributed by atoms with E-state index in [1.807, 2.05) is 13.0 Å². The van der Waals surface area contributed by atoms with Crippen LogP contribution in [0.3, 0.4) is 0 Å². The van der Waals surface area contributed by atoms with Gasteiger partial charge in [-0.1, -0.05) is 13.8 Å². The Morgan fingerprint density at radius 2 is 2.09 bits per heavy atom. The number of anilines is 1. The first kappa shape index (κ1) is 17.7. The number of amides is 1. The van der Waals surface area contributed by atoms with Gasteiger partial charge in [-0.25, -0.2) is 4.98 Å². The molecule has 0 atom stereocenters. The molecular weight excluding hydrogens is 292 g/mol. The van der Waals surface area contributed by atoms with Crippen molar-refractivity contribution in [3.63, 3.8) is 0 Å². The molecule has 1 amide bonds. The summed E-state index contributed by atoms with van der Waals surface area (Å²) in [4.78, 5) is 17.2. The number of hydrogen-bond acceptors (Lipinski definition) is 4. The van der Waals surface area contributed by atoms with Crippen LogP contribution in [0, 0.1) is 12.8 Å². The second-order valence-electron chi connectivity index (χ2n) is 6.47. The van der Waals surface area contributed by atoms with Gasteiger partial charge in [-0.05, 0) is 51.0 Å². The number of carbonyl (C=O) groups excluding carboxylic acids is 1. The Morgan fingerprint density at radius 3 is 2.65 bits per heavy atom. The van der Waals surface area contributed by atoms with Crippen molar-refractivity contribution < 1.29 is 14.3 Å². The van der Waals surface area contributed by atoms with Crippen LogP contribution in [-0.4, -0.2) is 30.2 Å². The molecule has 1 aliphatic carbocycles. The Hall–Kier alpha value is -1.62. The standard InChI is InChI=1S/C18H28N2O3/c1-5-12-23-18(10-8-13(2)9-11-18)17(21)20-15-6-7-16(22-4)19-14(15)3/h6-7,13H,5,8-12H2,1-4H3,(H,20,21). The Morgan fingerprint density at radius 1 is 1.39 bits per heavy atom. The van der Waals surface area contributed by atoms with E-state index >= 15 is 0 Å². The van der Waals surface area contributed by atoms with E-state index in [9.17, 15) is 4.79 Å². The Bertz CT molecular complexity index is 532. The summed E-state index contributed by atoms with van der Waals surface area (Å²) in [5.41, 5.74) is 0.760. The van der Waals surface area contributed by atoms with E-state index in [1.165, 1.54) is 0 Å². The van der Waals surface area contributed by atoms with Crippen LogP contribution in [0.5, 0.6) is 5.88 Å². The topological polar surface area (TPSA) is 60.5 Å². The number of ether oxygens (including phenoxy) is 2. The predicted molar refractivity (Wildman–Crippen MR) is 90.8 cm³/mol. The summed E-state index contributed by atoms with van der Waals surface area (Å²) in [7, 11) is 1.58. The molecule has 1 N–H and O–H groups in total. The van der Waals surface area contributed by atoms with Gasteiger partial charge in [-0.3, -0.25) is 4.79 Å². The fraction of sp³-hybridized carbons (Fsp3) is 0.667. The fourth-order valence-corrected chi connectivity index (χ4v) is 2.98. The van der Waals surface area contributed by atoms with Crippen LogP contribution in [0.4, 0.5) is 5.69 Å². The molecule has 0 unspecified atom stereocenters. The summed E-state index contributed by atoms with van der Waals surface area (Å²) in [6.45, 7) is 6.77. The first-order chi connectivity index (χ1) is 11.0. The van der Waals surface area contributed by atoms with Crippen LogP contribution in [0.25, 0.3) is 0 Å². The van der Waals surface area contributed by atoms with E-state index in [0.29, 0.717) is 24.1 Å². The van der Waals surface area contributed by atoms with Crippen LogP contribution >= 0.6 is 0 Å². The minimum Gasteiger partial charge on any atom is -0.481 e. The van der Waals surface area contributed by atoms with Crippen LogP contribution in [0.15, 0.2) is 12.1 Å². The maximum Gasteiger partial charge on any atom is 0.256 e. The van der Waals surface area contributed by atoms with Crippen molar-refractivity contribution in [2.24, 2.45) is 5.92 Å². The van der Waals surface area contributed by atoms with Gasteiger partial charge in [0.2, 0.25) is 5.88 Å². The third-order valence-corrected chi connectivity index (χ3v) is 4.60. The molecule has 5 heteroatoms. The minimum atomic E-state index is -0.700. The smallest absolute Gasteiger partial charge is 0.256 e. The quantitative estimate of drug-likeness (QED) is 0.868. The summed E-state index contributed by atoms with van der Waals surface area (Å²) < 4.78 is 11.1. The molecule has 0 spiro atoms. The maximum absolute atomic E-state index is 12.9. The van der Waals surface area contributed by atoms with Gasteiger partial charge < -0.3 is 14.8 Å². The molecule has 1 heterocycles. The van der Waals surface area contributed by atoms with Crippen LogP contribution in [0.2, 0.25) is 0 Å².